The quantitative estimate of drug-likeness (QED) is 0.210. The molecule has 0 unspecified atom stereocenters. The predicted octanol–water partition coefficient (Wildman–Crippen LogP) is 6.07. The summed E-state index contributed by atoms with van der Waals surface area (Å²) >= 11 is 1.75. The van der Waals surface area contributed by atoms with E-state index in [-0.39, 0.29) is 25.4 Å². The number of H-pyrrole nitrogens is 1. The van der Waals surface area contributed by atoms with Crippen LogP contribution < -0.4 is 11.1 Å². The van der Waals surface area contributed by atoms with Gasteiger partial charge in [0.1, 0.15) is 0 Å². The molecule has 186 valence electrons. The molecule has 2 atom stereocenters. The third kappa shape index (κ3) is 5.29. The van der Waals surface area contributed by atoms with E-state index in [1.165, 1.54) is 5.56 Å². The Morgan fingerprint density at radius 1 is 1.14 bits per heavy atom. The molecule has 4 aromatic rings. The van der Waals surface area contributed by atoms with E-state index in [2.05, 4.69) is 51.7 Å². The maximum atomic E-state index is 14.2. The molecule has 36 heavy (non-hydrogen) atoms. The van der Waals surface area contributed by atoms with Crippen LogP contribution >= 0.6 is 11.8 Å². The van der Waals surface area contributed by atoms with Crippen molar-refractivity contribution in [2.45, 2.75) is 41.8 Å². The molecule has 5 rings (SSSR count). The van der Waals surface area contributed by atoms with E-state index in [1.807, 2.05) is 30.3 Å². The first kappa shape index (κ1) is 24.5. The fraction of sp³-hybridized carbons (Fsp3) is 0.286. The number of carbonyl (C=O) groups is 1. The Morgan fingerprint density at radius 3 is 2.75 bits per heavy atom. The van der Waals surface area contributed by atoms with Crippen molar-refractivity contribution in [3.8, 4) is 11.1 Å². The number of alkyl halides is 2. The summed E-state index contributed by atoms with van der Waals surface area (Å²) in [6, 6.07) is 22.3. The highest BCUT2D eigenvalue weighted by atomic mass is 32.2. The molecule has 0 saturated heterocycles. The maximum absolute atomic E-state index is 14.2. The summed E-state index contributed by atoms with van der Waals surface area (Å²) in [4.78, 5) is 21.2. The Labute approximate surface area is 212 Å². The van der Waals surface area contributed by atoms with Crippen molar-refractivity contribution in [1.82, 2.24) is 15.3 Å². The molecule has 3 aromatic carbocycles. The first-order valence-corrected chi connectivity index (χ1v) is 13.0. The van der Waals surface area contributed by atoms with Crippen molar-refractivity contribution in [2.24, 2.45) is 11.7 Å². The van der Waals surface area contributed by atoms with Crippen LogP contribution in [-0.2, 0) is 10.5 Å². The summed E-state index contributed by atoms with van der Waals surface area (Å²) in [7, 11) is 0. The number of halogens is 2. The van der Waals surface area contributed by atoms with E-state index in [4.69, 9.17) is 5.73 Å². The standard InChI is InChI=1S/C28H28F2N4OS/c29-28(30)12-11-23(24(14-28)27(35)32-16-31)22-4-2-1-3-21(22)19-6-8-20(9-7-19)36-15-18-5-10-25-26(13-18)34-17-33-25/h1-10,13,17,23-24H,11-12,14-16,31H2,(H,32,35)(H,33,34)/t23-,24+/m0/s1. The van der Waals surface area contributed by atoms with Gasteiger partial charge in [-0.05, 0) is 58.9 Å². The molecular weight excluding hydrogens is 478 g/mol. The van der Waals surface area contributed by atoms with E-state index in [9.17, 15) is 13.6 Å². The Kier molecular flexibility index (Phi) is 7.07. The lowest BCUT2D eigenvalue weighted by molar-refractivity contribution is -0.133. The van der Waals surface area contributed by atoms with Crippen LogP contribution in [0.5, 0.6) is 0 Å². The first-order chi connectivity index (χ1) is 17.4. The molecule has 1 heterocycles. The Balaban J connectivity index is 1.35. The number of hydrogen-bond acceptors (Lipinski definition) is 4. The van der Waals surface area contributed by atoms with Gasteiger partial charge in [-0.2, -0.15) is 0 Å². The normalized spacial score (nSPS) is 19.3. The van der Waals surface area contributed by atoms with Crippen LogP contribution in [0.3, 0.4) is 0 Å². The number of benzene rings is 3. The molecule has 1 fully saturated rings. The predicted molar refractivity (Wildman–Crippen MR) is 140 cm³/mol. The summed E-state index contributed by atoms with van der Waals surface area (Å²) in [6.07, 6.45) is 1.27. The number of aromatic nitrogens is 2. The second-order valence-electron chi connectivity index (χ2n) is 9.21. The third-order valence-corrected chi connectivity index (χ3v) is 7.94. The van der Waals surface area contributed by atoms with Gasteiger partial charge in [0.2, 0.25) is 11.8 Å². The van der Waals surface area contributed by atoms with Gasteiger partial charge >= 0.3 is 0 Å². The number of hydrogen-bond donors (Lipinski definition) is 3. The summed E-state index contributed by atoms with van der Waals surface area (Å²) in [5, 5.41) is 2.55. The van der Waals surface area contributed by atoms with Crippen molar-refractivity contribution >= 4 is 28.7 Å². The molecule has 1 amide bonds. The average Bonchev–Trinajstić information content (AvgIpc) is 3.36. The van der Waals surface area contributed by atoms with E-state index >= 15 is 0 Å². The van der Waals surface area contributed by atoms with Gasteiger partial charge in [-0.3, -0.25) is 4.79 Å². The summed E-state index contributed by atoms with van der Waals surface area (Å²) < 4.78 is 28.5. The number of nitrogens with two attached hydrogens (primary N) is 1. The number of carbonyl (C=O) groups excluding carboxylic acids is 1. The second kappa shape index (κ2) is 10.4. The van der Waals surface area contributed by atoms with Crippen LogP contribution in [0.1, 0.15) is 36.3 Å². The highest BCUT2D eigenvalue weighted by molar-refractivity contribution is 7.98. The number of nitrogens with one attached hydrogen (secondary N) is 2. The molecule has 1 aromatic heterocycles. The molecule has 0 spiro atoms. The first-order valence-electron chi connectivity index (χ1n) is 12.0. The van der Waals surface area contributed by atoms with Gasteiger partial charge in [0.15, 0.2) is 0 Å². The monoisotopic (exact) mass is 506 g/mol. The van der Waals surface area contributed by atoms with Crippen LogP contribution in [0.2, 0.25) is 0 Å². The van der Waals surface area contributed by atoms with Crippen LogP contribution in [0.4, 0.5) is 8.78 Å². The molecule has 4 N–H and O–H groups in total. The summed E-state index contributed by atoms with van der Waals surface area (Å²) in [5.41, 5.74) is 11.6. The lowest BCUT2D eigenvalue weighted by atomic mass is 9.72. The highest BCUT2D eigenvalue weighted by Crippen LogP contribution is 2.47. The van der Waals surface area contributed by atoms with Gasteiger partial charge in [0.25, 0.3) is 0 Å². The van der Waals surface area contributed by atoms with Crippen LogP contribution in [0, 0.1) is 5.92 Å². The Bertz CT molecular complexity index is 1360. The molecule has 0 aliphatic heterocycles. The fourth-order valence-electron chi connectivity index (χ4n) is 5.07. The minimum atomic E-state index is -2.84. The second-order valence-corrected chi connectivity index (χ2v) is 10.3. The Morgan fingerprint density at radius 2 is 1.94 bits per heavy atom. The van der Waals surface area contributed by atoms with Crippen molar-refractivity contribution < 1.29 is 13.6 Å². The zero-order chi connectivity index (χ0) is 25.1. The van der Waals surface area contributed by atoms with E-state index in [0.717, 1.165) is 38.4 Å². The lowest BCUT2D eigenvalue weighted by Crippen LogP contribution is -2.43. The minimum absolute atomic E-state index is 0.0653. The van der Waals surface area contributed by atoms with E-state index in [0.29, 0.717) is 0 Å². The molecule has 0 bridgehead atoms. The van der Waals surface area contributed by atoms with Crippen molar-refractivity contribution in [3.05, 3.63) is 84.2 Å². The third-order valence-electron chi connectivity index (χ3n) is 6.85. The van der Waals surface area contributed by atoms with E-state index < -0.39 is 24.2 Å². The van der Waals surface area contributed by atoms with Crippen molar-refractivity contribution in [1.29, 1.82) is 0 Å². The smallest absolute Gasteiger partial charge is 0.249 e. The zero-order valence-electron chi connectivity index (χ0n) is 19.7. The topological polar surface area (TPSA) is 83.8 Å². The van der Waals surface area contributed by atoms with Gasteiger partial charge in [-0.25, -0.2) is 13.8 Å². The van der Waals surface area contributed by atoms with Crippen LogP contribution in [0.25, 0.3) is 22.2 Å². The number of nitrogens with zero attached hydrogens (tertiary/aromatic N) is 1. The van der Waals surface area contributed by atoms with Gasteiger partial charge < -0.3 is 16.0 Å². The van der Waals surface area contributed by atoms with Crippen LogP contribution in [0.15, 0.2) is 78.0 Å². The van der Waals surface area contributed by atoms with Gasteiger partial charge in [-0.15, -0.1) is 11.8 Å². The molecule has 8 heteroatoms. The molecule has 1 saturated carbocycles. The lowest BCUT2D eigenvalue weighted by Gasteiger charge is -2.36. The number of amides is 1. The van der Waals surface area contributed by atoms with Crippen molar-refractivity contribution in [2.75, 3.05) is 6.67 Å². The molecule has 1 aliphatic rings. The molecule has 5 nitrogen and oxygen atoms in total. The van der Waals surface area contributed by atoms with Crippen LogP contribution in [-0.4, -0.2) is 28.5 Å². The minimum Gasteiger partial charge on any atom is -0.345 e. The highest BCUT2D eigenvalue weighted by Gasteiger charge is 2.45. The number of imidazole rings is 1. The number of thioether (sulfide) groups is 1. The maximum Gasteiger partial charge on any atom is 0.249 e. The Hall–Kier alpha value is -3.23. The number of rotatable bonds is 7. The van der Waals surface area contributed by atoms with Crippen molar-refractivity contribution in [3.63, 3.8) is 0 Å². The summed E-state index contributed by atoms with van der Waals surface area (Å²) in [5.74, 6) is -3.53. The SMILES string of the molecule is NCNC(=O)[C@@H]1CC(F)(F)CC[C@H]1c1ccccc1-c1ccc(SCc2ccc3nc[nH]c3c2)cc1. The fourth-order valence-corrected chi connectivity index (χ4v) is 5.91. The molecular formula is C28H28F2N4OS. The average molecular weight is 507 g/mol. The molecule has 1 aliphatic carbocycles. The summed E-state index contributed by atoms with van der Waals surface area (Å²) in [6.45, 7) is -0.0653. The van der Waals surface area contributed by atoms with Gasteiger partial charge in [0.05, 0.1) is 29.9 Å². The number of fused-ring (bicyclic) bond motifs is 1. The van der Waals surface area contributed by atoms with Gasteiger partial charge in [-0.1, -0.05) is 42.5 Å². The molecule has 0 radical (unpaired) electrons. The zero-order valence-corrected chi connectivity index (χ0v) is 20.5. The van der Waals surface area contributed by atoms with E-state index in [1.54, 1.807) is 18.1 Å². The van der Waals surface area contributed by atoms with Gasteiger partial charge in [0, 0.05) is 23.5 Å². The largest absolute Gasteiger partial charge is 0.345 e. The number of aromatic amines is 1.